The van der Waals surface area contributed by atoms with Crippen LogP contribution < -0.4 is 15.0 Å². The zero-order valence-corrected chi connectivity index (χ0v) is 10.0. The van der Waals surface area contributed by atoms with Gasteiger partial charge in [0.15, 0.2) is 17.4 Å². The number of nitrogens with zero attached hydrogens (tertiary/aromatic N) is 2. The second-order valence-electron chi connectivity index (χ2n) is 4.26. The number of nitrogens with one attached hydrogen (secondary N) is 1. The molecule has 0 radical (unpaired) electrons. The summed E-state index contributed by atoms with van der Waals surface area (Å²) >= 11 is 5.73. The zero-order chi connectivity index (χ0) is 11.8. The smallest absolute Gasteiger partial charge is 0.199 e. The van der Waals surface area contributed by atoms with Crippen LogP contribution in [0.15, 0.2) is 6.20 Å². The van der Waals surface area contributed by atoms with Crippen LogP contribution in [-0.4, -0.2) is 37.3 Å². The van der Waals surface area contributed by atoms with Crippen molar-refractivity contribution in [2.24, 2.45) is 0 Å². The number of pyridine rings is 1. The predicted octanol–water partition coefficient (Wildman–Crippen LogP) is 1.43. The lowest BCUT2D eigenvalue weighted by atomic mass is 10.1. The van der Waals surface area contributed by atoms with Gasteiger partial charge in [0, 0.05) is 32.1 Å². The van der Waals surface area contributed by atoms with Crippen LogP contribution in [0.5, 0.6) is 5.75 Å². The van der Waals surface area contributed by atoms with Gasteiger partial charge in [0.25, 0.3) is 0 Å². The molecule has 3 heterocycles. The molecular formula is C11H13ClFN3O. The number of hydrogen-bond donors (Lipinski definition) is 1. The molecule has 2 aliphatic rings. The Hall–Kier alpha value is -1.07. The summed E-state index contributed by atoms with van der Waals surface area (Å²) in [4.78, 5) is 6.33. The molecule has 3 rings (SSSR count). The van der Waals surface area contributed by atoms with Crippen molar-refractivity contribution in [2.75, 3.05) is 31.1 Å². The van der Waals surface area contributed by atoms with E-state index in [1.165, 1.54) is 6.20 Å². The minimum absolute atomic E-state index is 0.0114. The summed E-state index contributed by atoms with van der Waals surface area (Å²) in [6.07, 6.45) is 2.21. The minimum atomic E-state index is -0.504. The van der Waals surface area contributed by atoms with E-state index in [-0.39, 0.29) is 10.8 Å². The van der Waals surface area contributed by atoms with Gasteiger partial charge in [-0.3, -0.25) is 0 Å². The Balaban J connectivity index is 2.06. The van der Waals surface area contributed by atoms with E-state index in [1.54, 1.807) is 0 Å². The molecule has 1 fully saturated rings. The lowest BCUT2D eigenvalue weighted by molar-refractivity contribution is 0.291. The summed E-state index contributed by atoms with van der Waals surface area (Å²) in [5.41, 5.74) is 0. The van der Waals surface area contributed by atoms with Crippen molar-refractivity contribution in [3.63, 3.8) is 0 Å². The molecule has 4 nitrogen and oxygen atoms in total. The standard InChI is InChI=1S/C11H13ClFN3O/c12-8-6-15-11-10(9(8)13)17-4-1-7-5-14-2-3-16(7)11/h6-7,14H,1-5H2. The summed E-state index contributed by atoms with van der Waals surface area (Å²) in [5.74, 6) is 0.272. The Morgan fingerprint density at radius 3 is 3.35 bits per heavy atom. The van der Waals surface area contributed by atoms with Crippen molar-refractivity contribution in [3.05, 3.63) is 17.0 Å². The molecule has 1 N–H and O–H groups in total. The predicted molar refractivity (Wildman–Crippen MR) is 63.3 cm³/mol. The van der Waals surface area contributed by atoms with Crippen LogP contribution in [0.25, 0.3) is 0 Å². The first-order chi connectivity index (χ1) is 8.27. The van der Waals surface area contributed by atoms with Crippen LogP contribution in [0.4, 0.5) is 10.2 Å². The number of aromatic nitrogens is 1. The molecule has 1 aromatic heterocycles. The highest BCUT2D eigenvalue weighted by Crippen LogP contribution is 2.36. The average molecular weight is 258 g/mol. The molecule has 0 aliphatic carbocycles. The van der Waals surface area contributed by atoms with Crippen LogP contribution in [0.1, 0.15) is 6.42 Å². The summed E-state index contributed by atoms with van der Waals surface area (Å²) < 4.78 is 19.3. The molecule has 1 unspecified atom stereocenters. The molecule has 0 bridgehead atoms. The Labute approximate surface area is 104 Å². The van der Waals surface area contributed by atoms with Crippen molar-refractivity contribution in [3.8, 4) is 5.75 Å². The van der Waals surface area contributed by atoms with Gasteiger partial charge in [0.1, 0.15) is 0 Å². The number of hydrogen-bond acceptors (Lipinski definition) is 4. The van der Waals surface area contributed by atoms with Crippen molar-refractivity contribution in [2.45, 2.75) is 12.5 Å². The van der Waals surface area contributed by atoms with Gasteiger partial charge in [-0.15, -0.1) is 0 Å². The van der Waals surface area contributed by atoms with Gasteiger partial charge in [-0.2, -0.15) is 0 Å². The topological polar surface area (TPSA) is 37.4 Å². The largest absolute Gasteiger partial charge is 0.487 e. The van der Waals surface area contributed by atoms with Gasteiger partial charge in [-0.1, -0.05) is 11.6 Å². The molecule has 1 atom stereocenters. The van der Waals surface area contributed by atoms with E-state index in [1.807, 2.05) is 0 Å². The highest BCUT2D eigenvalue weighted by atomic mass is 35.5. The zero-order valence-electron chi connectivity index (χ0n) is 9.25. The number of halogens is 2. The summed E-state index contributed by atoms with van der Waals surface area (Å²) in [6, 6.07) is 0.318. The maximum Gasteiger partial charge on any atom is 0.199 e. The molecule has 0 aromatic carbocycles. The first-order valence-corrected chi connectivity index (χ1v) is 6.09. The fourth-order valence-electron chi connectivity index (χ4n) is 2.37. The van der Waals surface area contributed by atoms with Gasteiger partial charge in [-0.05, 0) is 0 Å². The molecule has 17 heavy (non-hydrogen) atoms. The quantitative estimate of drug-likeness (QED) is 0.763. The molecule has 0 amide bonds. The van der Waals surface area contributed by atoms with Crippen LogP contribution in [0.2, 0.25) is 5.02 Å². The molecule has 1 aromatic rings. The number of anilines is 1. The van der Waals surface area contributed by atoms with Crippen molar-refractivity contribution < 1.29 is 9.13 Å². The highest BCUT2D eigenvalue weighted by Gasteiger charge is 2.30. The molecule has 0 spiro atoms. The van der Waals surface area contributed by atoms with Gasteiger partial charge in [0.2, 0.25) is 0 Å². The molecular weight excluding hydrogens is 245 g/mol. The summed E-state index contributed by atoms with van der Waals surface area (Å²) in [5, 5.41) is 3.34. The summed E-state index contributed by atoms with van der Waals surface area (Å²) in [7, 11) is 0. The van der Waals surface area contributed by atoms with Gasteiger partial charge < -0.3 is 15.0 Å². The van der Waals surface area contributed by atoms with E-state index in [4.69, 9.17) is 16.3 Å². The van der Waals surface area contributed by atoms with Crippen molar-refractivity contribution in [1.82, 2.24) is 10.3 Å². The van der Waals surface area contributed by atoms with Gasteiger partial charge in [-0.25, -0.2) is 9.37 Å². The van der Waals surface area contributed by atoms with Crippen molar-refractivity contribution in [1.29, 1.82) is 0 Å². The highest BCUT2D eigenvalue weighted by molar-refractivity contribution is 6.30. The monoisotopic (exact) mass is 257 g/mol. The second kappa shape index (κ2) is 4.31. The third-order valence-electron chi connectivity index (χ3n) is 3.23. The van der Waals surface area contributed by atoms with Crippen molar-refractivity contribution >= 4 is 17.4 Å². The van der Waals surface area contributed by atoms with Crippen LogP contribution in [-0.2, 0) is 0 Å². The lowest BCUT2D eigenvalue weighted by Gasteiger charge is -2.35. The van der Waals surface area contributed by atoms with E-state index in [0.29, 0.717) is 18.5 Å². The first-order valence-electron chi connectivity index (χ1n) is 5.71. The lowest BCUT2D eigenvalue weighted by Crippen LogP contribution is -2.51. The number of piperazine rings is 1. The van der Waals surface area contributed by atoms with Crippen LogP contribution in [0, 0.1) is 5.82 Å². The third kappa shape index (κ3) is 1.83. The van der Waals surface area contributed by atoms with Gasteiger partial charge in [0.05, 0.1) is 17.8 Å². The Morgan fingerprint density at radius 1 is 1.59 bits per heavy atom. The maximum absolute atomic E-state index is 13.9. The molecule has 92 valence electrons. The molecule has 2 aliphatic heterocycles. The van der Waals surface area contributed by atoms with E-state index in [0.717, 1.165) is 26.1 Å². The van der Waals surface area contributed by atoms with Crippen LogP contribution >= 0.6 is 11.6 Å². The minimum Gasteiger partial charge on any atom is -0.487 e. The number of ether oxygens (including phenoxy) is 1. The average Bonchev–Trinajstić information content (AvgIpc) is 2.54. The summed E-state index contributed by atoms with van der Waals surface area (Å²) in [6.45, 7) is 3.07. The first kappa shape index (κ1) is 11.0. The Bertz CT molecular complexity index is 443. The number of fused-ring (bicyclic) bond motifs is 3. The fraction of sp³-hybridized carbons (Fsp3) is 0.545. The van der Waals surface area contributed by atoms with Crippen LogP contribution in [0.3, 0.4) is 0 Å². The SMILES string of the molecule is Fc1c(Cl)cnc2c1OCCC1CNCCN21. The van der Waals surface area contributed by atoms with E-state index < -0.39 is 5.82 Å². The Kier molecular flexibility index (Phi) is 2.80. The van der Waals surface area contributed by atoms with Gasteiger partial charge >= 0.3 is 0 Å². The maximum atomic E-state index is 13.9. The Morgan fingerprint density at radius 2 is 2.47 bits per heavy atom. The fourth-order valence-corrected chi connectivity index (χ4v) is 2.50. The van der Waals surface area contributed by atoms with E-state index in [9.17, 15) is 4.39 Å². The normalized spacial score (nSPS) is 23.4. The molecule has 6 heteroatoms. The van der Waals surface area contributed by atoms with E-state index >= 15 is 0 Å². The molecule has 0 saturated carbocycles. The molecule has 1 saturated heterocycles. The van der Waals surface area contributed by atoms with E-state index in [2.05, 4.69) is 15.2 Å². The number of rotatable bonds is 0. The third-order valence-corrected chi connectivity index (χ3v) is 3.50. The second-order valence-corrected chi connectivity index (χ2v) is 4.67.